The van der Waals surface area contributed by atoms with E-state index in [0.29, 0.717) is 11.3 Å². The van der Waals surface area contributed by atoms with Crippen LogP contribution in [0.25, 0.3) is 4.85 Å². The minimum Gasteiger partial charge on any atom is -0.398 e. The predicted molar refractivity (Wildman–Crippen MR) is 71.0 cm³/mol. The maximum Gasteiger partial charge on any atom is 0.253 e. The molecule has 1 aliphatic carbocycles. The van der Waals surface area contributed by atoms with E-state index < -0.39 is 0 Å². The molecule has 1 saturated carbocycles. The number of carbonyl (C=O) groups is 1. The number of nitrogen functional groups attached to an aromatic ring is 1. The van der Waals surface area contributed by atoms with Crippen LogP contribution in [0.4, 0.5) is 5.69 Å². The fourth-order valence-corrected chi connectivity index (χ4v) is 2.32. The molecule has 2 rings (SSSR count). The minimum atomic E-state index is -0.112. The Morgan fingerprint density at radius 3 is 2.56 bits per heavy atom. The van der Waals surface area contributed by atoms with Crippen LogP contribution in [0.1, 0.15) is 36.0 Å². The highest BCUT2D eigenvalue weighted by Crippen LogP contribution is 2.21. The normalized spacial score (nSPS) is 23.1. The number of benzene rings is 1. The summed E-state index contributed by atoms with van der Waals surface area (Å²) in [5.41, 5.74) is 6.81. The number of rotatable bonds is 2. The Labute approximate surface area is 107 Å². The molecule has 0 aliphatic heterocycles. The fraction of sp³-hybridized carbons (Fsp3) is 0.429. The van der Waals surface area contributed by atoms with Crippen molar-refractivity contribution in [1.82, 2.24) is 5.32 Å². The van der Waals surface area contributed by atoms with Crippen molar-refractivity contribution in [3.05, 3.63) is 41.2 Å². The molecule has 4 nitrogen and oxygen atoms in total. The number of amides is 1. The van der Waals surface area contributed by atoms with E-state index >= 15 is 0 Å². The first-order chi connectivity index (χ1) is 8.70. The van der Waals surface area contributed by atoms with Gasteiger partial charge in [0.15, 0.2) is 0 Å². The molecular formula is C14H17N3O. The zero-order valence-electron chi connectivity index (χ0n) is 10.2. The van der Waals surface area contributed by atoms with Gasteiger partial charge in [-0.05, 0) is 25.0 Å². The first-order valence-electron chi connectivity index (χ1n) is 6.22. The van der Waals surface area contributed by atoms with Crippen LogP contribution < -0.4 is 11.1 Å². The van der Waals surface area contributed by atoms with Crippen molar-refractivity contribution in [2.75, 3.05) is 5.73 Å². The molecule has 1 aromatic carbocycles. The van der Waals surface area contributed by atoms with Crippen molar-refractivity contribution in [3.63, 3.8) is 0 Å². The largest absolute Gasteiger partial charge is 0.398 e. The summed E-state index contributed by atoms with van der Waals surface area (Å²) in [6, 6.07) is 7.39. The Morgan fingerprint density at radius 1 is 1.28 bits per heavy atom. The average molecular weight is 243 g/mol. The summed E-state index contributed by atoms with van der Waals surface area (Å²) >= 11 is 0. The Kier molecular flexibility index (Phi) is 3.83. The van der Waals surface area contributed by atoms with E-state index in [2.05, 4.69) is 10.2 Å². The number of nitrogens with zero attached hydrogens (tertiary/aromatic N) is 1. The monoisotopic (exact) mass is 243 g/mol. The maximum absolute atomic E-state index is 12.0. The molecular weight excluding hydrogens is 226 g/mol. The summed E-state index contributed by atoms with van der Waals surface area (Å²) in [4.78, 5) is 15.6. The molecule has 0 bridgehead atoms. The van der Waals surface area contributed by atoms with Gasteiger partial charge < -0.3 is 15.9 Å². The second-order valence-electron chi connectivity index (χ2n) is 4.70. The average Bonchev–Trinajstić information content (AvgIpc) is 2.40. The Bertz CT molecular complexity index is 470. The van der Waals surface area contributed by atoms with Crippen LogP contribution in [0.2, 0.25) is 0 Å². The van der Waals surface area contributed by atoms with Crippen LogP contribution in [0.3, 0.4) is 0 Å². The van der Waals surface area contributed by atoms with Crippen molar-refractivity contribution in [3.8, 4) is 0 Å². The standard InChI is InChI=1S/C14H17N3O/c1-16-10-6-8-11(9-7-10)17-14(18)12-4-2-3-5-13(12)15/h2-5,10-11H,6-9,15H2,(H,17,18). The van der Waals surface area contributed by atoms with Gasteiger partial charge in [0.2, 0.25) is 6.04 Å². The first kappa shape index (κ1) is 12.4. The number of anilines is 1. The highest BCUT2D eigenvalue weighted by molar-refractivity contribution is 5.99. The molecule has 1 aliphatic rings. The predicted octanol–water partition coefficient (Wildman–Crippen LogP) is 2.23. The molecule has 0 unspecified atom stereocenters. The third-order valence-corrected chi connectivity index (χ3v) is 3.42. The topological polar surface area (TPSA) is 59.5 Å². The van der Waals surface area contributed by atoms with Crippen molar-refractivity contribution in [2.24, 2.45) is 0 Å². The molecule has 94 valence electrons. The van der Waals surface area contributed by atoms with E-state index in [1.165, 1.54) is 0 Å². The highest BCUT2D eigenvalue weighted by Gasteiger charge is 2.25. The van der Waals surface area contributed by atoms with E-state index in [1.807, 2.05) is 6.07 Å². The number of hydrogen-bond donors (Lipinski definition) is 2. The Balaban J connectivity index is 1.93. The molecule has 0 aromatic heterocycles. The number of nitrogens with one attached hydrogen (secondary N) is 1. The third-order valence-electron chi connectivity index (χ3n) is 3.42. The quantitative estimate of drug-likeness (QED) is 0.618. The number of carbonyl (C=O) groups excluding carboxylic acids is 1. The van der Waals surface area contributed by atoms with Gasteiger partial charge in [0.1, 0.15) is 0 Å². The number of hydrogen-bond acceptors (Lipinski definition) is 2. The van der Waals surface area contributed by atoms with Gasteiger partial charge in [0.05, 0.1) is 5.56 Å². The zero-order valence-corrected chi connectivity index (χ0v) is 10.2. The zero-order chi connectivity index (χ0) is 13.0. The summed E-state index contributed by atoms with van der Waals surface area (Å²) in [7, 11) is 0. The van der Waals surface area contributed by atoms with Crippen LogP contribution in [0.15, 0.2) is 24.3 Å². The van der Waals surface area contributed by atoms with Crippen LogP contribution in [0, 0.1) is 6.57 Å². The Hall–Kier alpha value is -2.02. The van der Waals surface area contributed by atoms with Crippen LogP contribution in [0.5, 0.6) is 0 Å². The molecule has 1 fully saturated rings. The van der Waals surface area contributed by atoms with E-state index in [4.69, 9.17) is 12.3 Å². The minimum absolute atomic E-state index is 0.112. The molecule has 0 radical (unpaired) electrons. The maximum atomic E-state index is 12.0. The van der Waals surface area contributed by atoms with E-state index in [1.54, 1.807) is 18.2 Å². The molecule has 1 aromatic rings. The summed E-state index contributed by atoms with van der Waals surface area (Å²) in [5.74, 6) is -0.112. The third kappa shape index (κ3) is 2.80. The van der Waals surface area contributed by atoms with Gasteiger partial charge in [-0.15, -0.1) is 0 Å². The van der Waals surface area contributed by atoms with Crippen LogP contribution >= 0.6 is 0 Å². The van der Waals surface area contributed by atoms with Gasteiger partial charge in [-0.1, -0.05) is 12.1 Å². The van der Waals surface area contributed by atoms with E-state index in [0.717, 1.165) is 25.7 Å². The van der Waals surface area contributed by atoms with Crippen LogP contribution in [-0.2, 0) is 0 Å². The smallest absolute Gasteiger partial charge is 0.253 e. The van der Waals surface area contributed by atoms with Crippen LogP contribution in [-0.4, -0.2) is 18.0 Å². The van der Waals surface area contributed by atoms with E-state index in [-0.39, 0.29) is 18.0 Å². The summed E-state index contributed by atoms with van der Waals surface area (Å²) in [5, 5.41) is 3.00. The Morgan fingerprint density at radius 2 is 1.94 bits per heavy atom. The second kappa shape index (κ2) is 5.54. The summed E-state index contributed by atoms with van der Waals surface area (Å²) < 4.78 is 0. The molecule has 3 N–H and O–H groups in total. The van der Waals surface area contributed by atoms with Gasteiger partial charge in [0.25, 0.3) is 5.91 Å². The summed E-state index contributed by atoms with van der Waals surface area (Å²) in [6.45, 7) is 6.99. The molecule has 1 amide bonds. The van der Waals surface area contributed by atoms with Gasteiger partial charge >= 0.3 is 0 Å². The van der Waals surface area contributed by atoms with Gasteiger partial charge in [-0.25, -0.2) is 6.57 Å². The number of nitrogens with two attached hydrogens (primary N) is 1. The lowest BCUT2D eigenvalue weighted by atomic mass is 9.91. The summed E-state index contributed by atoms with van der Waals surface area (Å²) in [6.07, 6.45) is 3.51. The lowest BCUT2D eigenvalue weighted by Crippen LogP contribution is -2.38. The SMILES string of the molecule is [C-]#[N+]C1CCC(NC(=O)c2ccccc2N)CC1. The van der Waals surface area contributed by atoms with E-state index in [9.17, 15) is 4.79 Å². The molecule has 0 saturated heterocycles. The van der Waals surface area contributed by atoms with Gasteiger partial charge in [-0.3, -0.25) is 4.79 Å². The second-order valence-corrected chi connectivity index (χ2v) is 4.70. The lowest BCUT2D eigenvalue weighted by molar-refractivity contribution is 0.0928. The first-order valence-corrected chi connectivity index (χ1v) is 6.22. The van der Waals surface area contributed by atoms with Crippen molar-refractivity contribution < 1.29 is 4.79 Å². The molecule has 0 heterocycles. The molecule has 0 spiro atoms. The highest BCUT2D eigenvalue weighted by atomic mass is 16.1. The number of para-hydroxylation sites is 1. The molecule has 18 heavy (non-hydrogen) atoms. The van der Waals surface area contributed by atoms with Crippen molar-refractivity contribution in [2.45, 2.75) is 37.8 Å². The molecule has 0 atom stereocenters. The fourth-order valence-electron chi connectivity index (χ4n) is 2.32. The van der Waals surface area contributed by atoms with Crippen molar-refractivity contribution >= 4 is 11.6 Å². The lowest BCUT2D eigenvalue weighted by Gasteiger charge is -2.23. The van der Waals surface area contributed by atoms with Gasteiger partial charge in [0, 0.05) is 24.6 Å². The van der Waals surface area contributed by atoms with Crippen molar-refractivity contribution in [1.29, 1.82) is 0 Å². The van der Waals surface area contributed by atoms with Gasteiger partial charge in [-0.2, -0.15) is 0 Å². The molecule has 4 heteroatoms.